The lowest BCUT2D eigenvalue weighted by Crippen LogP contribution is -3.61. The van der Waals surface area contributed by atoms with E-state index in [1.165, 1.54) is 18.3 Å². The minimum atomic E-state index is -4.84. The van der Waals surface area contributed by atoms with E-state index in [4.69, 9.17) is 0 Å². The van der Waals surface area contributed by atoms with Gasteiger partial charge in [-0.15, -0.1) is 0 Å². The van der Waals surface area contributed by atoms with Crippen molar-refractivity contribution in [3.8, 4) is 0 Å². The van der Waals surface area contributed by atoms with E-state index in [1.54, 1.807) is 0 Å². The van der Waals surface area contributed by atoms with Gasteiger partial charge in [0, 0.05) is 6.07 Å². The molecular formula is C24H25F2IO3S. The van der Waals surface area contributed by atoms with Gasteiger partial charge in [0.1, 0.15) is 21.8 Å². The summed E-state index contributed by atoms with van der Waals surface area (Å²) in [4.78, 5) is -1.04. The van der Waals surface area contributed by atoms with E-state index in [9.17, 15) is 21.8 Å². The molecule has 0 aliphatic heterocycles. The van der Waals surface area contributed by atoms with Crippen LogP contribution in [0.25, 0.3) is 0 Å². The molecule has 3 nitrogen and oxygen atoms in total. The van der Waals surface area contributed by atoms with Crippen molar-refractivity contribution in [2.24, 2.45) is 0 Å². The number of hydrogen-bond acceptors (Lipinski definition) is 3. The van der Waals surface area contributed by atoms with E-state index in [0.29, 0.717) is 30.0 Å². The molecule has 0 aliphatic carbocycles. The normalized spacial score (nSPS) is 11.4. The molecule has 0 fully saturated rings. The molecule has 166 valence electrons. The molecule has 0 aliphatic rings. The maximum Gasteiger partial charge on any atom is 0.357 e. The molecule has 0 heterocycles. The first-order valence-corrected chi connectivity index (χ1v) is 13.3. The van der Waals surface area contributed by atoms with E-state index in [1.807, 2.05) is 0 Å². The predicted octanol–water partition coefficient (Wildman–Crippen LogP) is 2.93. The van der Waals surface area contributed by atoms with Crippen LogP contribution < -0.4 is 21.2 Å². The van der Waals surface area contributed by atoms with E-state index in [2.05, 4.69) is 76.2 Å². The molecule has 31 heavy (non-hydrogen) atoms. The van der Waals surface area contributed by atoms with Gasteiger partial charge in [0.25, 0.3) is 0 Å². The summed E-state index contributed by atoms with van der Waals surface area (Å²) in [6.45, 7) is 8.98. The van der Waals surface area contributed by atoms with Gasteiger partial charge in [0.2, 0.25) is 0 Å². The quantitative estimate of drug-likeness (QED) is 0.358. The Bertz CT molecular complexity index is 1050. The summed E-state index contributed by atoms with van der Waals surface area (Å²) in [7, 11) is -4.84. The van der Waals surface area contributed by atoms with Crippen molar-refractivity contribution >= 4 is 10.1 Å². The van der Waals surface area contributed by atoms with Crippen molar-refractivity contribution in [3.05, 3.63) is 96.6 Å². The Morgan fingerprint density at radius 2 is 1.16 bits per heavy atom. The summed E-state index contributed by atoms with van der Waals surface area (Å²) in [6.07, 6.45) is 0. The molecule has 0 spiro atoms. The largest absolute Gasteiger partial charge is 0.744 e. The van der Waals surface area contributed by atoms with E-state index in [-0.39, 0.29) is 21.2 Å². The minimum Gasteiger partial charge on any atom is -0.744 e. The van der Waals surface area contributed by atoms with Crippen LogP contribution in [0.5, 0.6) is 0 Å². The van der Waals surface area contributed by atoms with Gasteiger partial charge in [0.05, 0.1) is 4.90 Å². The van der Waals surface area contributed by atoms with E-state index in [0.717, 1.165) is 0 Å². The van der Waals surface area contributed by atoms with Crippen LogP contribution in [-0.4, -0.2) is 13.0 Å². The summed E-state index contributed by atoms with van der Waals surface area (Å²) < 4.78 is 58.5. The number of hydrogen-bond donors (Lipinski definition) is 0. The molecule has 0 N–H and O–H groups in total. The van der Waals surface area contributed by atoms with Crippen molar-refractivity contribution in [1.82, 2.24) is 0 Å². The molecule has 0 saturated heterocycles. The van der Waals surface area contributed by atoms with Crippen LogP contribution in [0.4, 0.5) is 8.78 Å². The van der Waals surface area contributed by atoms with Gasteiger partial charge in [-0.05, 0) is 59.4 Å². The number of halogens is 3. The summed E-state index contributed by atoms with van der Waals surface area (Å²) in [5.74, 6) is -1.06. The number of rotatable bonds is 5. The third-order valence-electron chi connectivity index (χ3n) is 4.45. The molecule has 3 rings (SSSR count). The average Bonchev–Trinajstić information content (AvgIpc) is 2.68. The molecule has 0 atom stereocenters. The first kappa shape index (κ1) is 25.4. The molecule has 0 amide bonds. The molecule has 0 aromatic heterocycles. The van der Waals surface area contributed by atoms with Crippen LogP contribution in [0.3, 0.4) is 0 Å². The van der Waals surface area contributed by atoms with E-state index >= 15 is 0 Å². The summed E-state index contributed by atoms with van der Waals surface area (Å²) >= 11 is -0.0366. The standard InChI is InChI=1S/C18H22I.C6H4F2O3S/c1-13(2)15-5-9-17(10-6-15)19-18-11-7-16(8-12-18)14(3)4;7-4-1-2-6(5(8)3-4)12(9,10)11/h5-14H,1-4H3;1-3H,(H,9,10,11)/q+1;/p-1. The Kier molecular flexibility index (Phi) is 9.14. The first-order valence-electron chi connectivity index (χ1n) is 9.73. The molecule has 3 aromatic rings. The highest BCUT2D eigenvalue weighted by Gasteiger charge is 2.15. The van der Waals surface area contributed by atoms with E-state index < -0.39 is 26.6 Å². The maximum atomic E-state index is 12.5. The van der Waals surface area contributed by atoms with Gasteiger partial charge in [-0.1, -0.05) is 52.0 Å². The van der Waals surface area contributed by atoms with Crippen LogP contribution in [0, 0.1) is 18.8 Å². The van der Waals surface area contributed by atoms with Crippen molar-refractivity contribution < 1.29 is 43.0 Å². The highest BCUT2D eigenvalue weighted by atomic mass is 127. The summed E-state index contributed by atoms with van der Waals surface area (Å²) in [5.41, 5.74) is 2.87. The van der Waals surface area contributed by atoms with Gasteiger partial charge >= 0.3 is 21.2 Å². The predicted molar refractivity (Wildman–Crippen MR) is 113 cm³/mol. The lowest BCUT2D eigenvalue weighted by molar-refractivity contribution is -0.597. The fourth-order valence-corrected chi connectivity index (χ4v) is 5.32. The Labute approximate surface area is 193 Å². The SMILES string of the molecule is CC(C)c1ccc([I+]c2ccc(C(C)C)cc2)cc1.O=S(=O)([O-])c1ccc(F)cc1F. The second-order valence-corrected chi connectivity index (χ2v) is 11.9. The van der Waals surface area contributed by atoms with Crippen molar-refractivity contribution in [3.63, 3.8) is 0 Å². The Hall–Kier alpha value is -1.84. The Morgan fingerprint density at radius 1 is 0.742 bits per heavy atom. The van der Waals surface area contributed by atoms with Gasteiger partial charge in [-0.2, -0.15) is 0 Å². The highest BCUT2D eigenvalue weighted by Crippen LogP contribution is 2.15. The zero-order valence-electron chi connectivity index (χ0n) is 17.8. The van der Waals surface area contributed by atoms with Crippen LogP contribution >= 0.6 is 0 Å². The third-order valence-corrected chi connectivity index (χ3v) is 8.01. The van der Waals surface area contributed by atoms with Gasteiger partial charge in [-0.25, -0.2) is 17.2 Å². The molecule has 0 bridgehead atoms. The molecule has 0 radical (unpaired) electrons. The molecule has 0 unspecified atom stereocenters. The smallest absolute Gasteiger partial charge is 0.357 e. The Balaban J connectivity index is 0.000000245. The lowest BCUT2D eigenvalue weighted by atomic mass is 10.0. The summed E-state index contributed by atoms with van der Waals surface area (Å²) in [6, 6.07) is 20.0. The average molecular weight is 558 g/mol. The maximum absolute atomic E-state index is 12.5. The van der Waals surface area contributed by atoms with Gasteiger partial charge in [0.15, 0.2) is 7.14 Å². The third kappa shape index (κ3) is 7.97. The first-order chi connectivity index (χ1) is 14.5. The molecular weight excluding hydrogens is 533 g/mol. The van der Waals surface area contributed by atoms with Gasteiger partial charge in [-0.3, -0.25) is 0 Å². The Morgan fingerprint density at radius 3 is 1.48 bits per heavy atom. The lowest BCUT2D eigenvalue weighted by Gasteiger charge is -2.06. The van der Waals surface area contributed by atoms with Crippen LogP contribution in [0.15, 0.2) is 71.6 Å². The second-order valence-electron chi connectivity index (χ2n) is 7.54. The van der Waals surface area contributed by atoms with Crippen molar-refractivity contribution in [2.75, 3.05) is 0 Å². The highest BCUT2D eigenvalue weighted by molar-refractivity contribution is 7.85. The fraction of sp³-hybridized carbons (Fsp3) is 0.250. The van der Waals surface area contributed by atoms with Crippen LogP contribution in [0.1, 0.15) is 50.7 Å². The van der Waals surface area contributed by atoms with Crippen molar-refractivity contribution in [1.29, 1.82) is 0 Å². The topological polar surface area (TPSA) is 57.2 Å². The second kappa shape index (κ2) is 11.2. The summed E-state index contributed by atoms with van der Waals surface area (Å²) in [5, 5.41) is 0. The van der Waals surface area contributed by atoms with Crippen LogP contribution in [-0.2, 0) is 10.1 Å². The molecule has 7 heteroatoms. The molecule has 0 saturated carbocycles. The van der Waals surface area contributed by atoms with Crippen LogP contribution in [0.2, 0.25) is 0 Å². The number of benzene rings is 3. The van der Waals surface area contributed by atoms with Gasteiger partial charge < -0.3 is 4.55 Å². The molecule has 3 aromatic carbocycles. The zero-order valence-corrected chi connectivity index (χ0v) is 20.7. The van der Waals surface area contributed by atoms with Crippen molar-refractivity contribution in [2.45, 2.75) is 44.4 Å². The minimum absolute atomic E-state index is 0.0366. The fourth-order valence-electron chi connectivity index (χ4n) is 2.63. The zero-order chi connectivity index (χ0) is 23.2. The monoisotopic (exact) mass is 558 g/mol.